The summed E-state index contributed by atoms with van der Waals surface area (Å²) in [6, 6.07) is 10.4. The maximum absolute atomic E-state index is 13.9. The summed E-state index contributed by atoms with van der Waals surface area (Å²) in [7, 11) is 0. The van der Waals surface area contributed by atoms with Gasteiger partial charge >= 0.3 is 0 Å². The Morgan fingerprint density at radius 1 is 1.06 bits per heavy atom. The van der Waals surface area contributed by atoms with E-state index < -0.39 is 5.60 Å². The number of nitrogens with zero attached hydrogens (tertiary/aromatic N) is 5. The van der Waals surface area contributed by atoms with E-state index in [2.05, 4.69) is 17.0 Å². The lowest BCUT2D eigenvalue weighted by Gasteiger charge is -2.45. The highest BCUT2D eigenvalue weighted by Gasteiger charge is 2.49. The van der Waals surface area contributed by atoms with Crippen LogP contribution in [0.3, 0.4) is 0 Å². The molecule has 6 rings (SSSR count). The average molecular weight is 448 g/mol. The molecule has 8 heteroatoms. The smallest absolute Gasteiger partial charge is 0.158 e. The molecule has 2 bridgehead atoms. The molecule has 0 aliphatic carbocycles. The van der Waals surface area contributed by atoms with Gasteiger partial charge in [0.25, 0.3) is 0 Å². The zero-order chi connectivity index (χ0) is 22.9. The molecule has 0 radical (unpaired) electrons. The lowest BCUT2D eigenvalue weighted by molar-refractivity contribution is -0.00356. The van der Waals surface area contributed by atoms with E-state index in [1.165, 1.54) is 12.1 Å². The van der Waals surface area contributed by atoms with Gasteiger partial charge in [0.15, 0.2) is 5.65 Å². The van der Waals surface area contributed by atoms with E-state index in [0.717, 1.165) is 41.3 Å². The van der Waals surface area contributed by atoms with Gasteiger partial charge in [-0.05, 0) is 51.3 Å². The molecule has 0 amide bonds. The second-order valence-corrected chi connectivity index (χ2v) is 9.51. The minimum atomic E-state index is -1.03. The molecule has 0 spiro atoms. The first-order valence-corrected chi connectivity index (χ1v) is 11.4. The van der Waals surface area contributed by atoms with E-state index in [4.69, 9.17) is 14.6 Å². The standard InChI is InChI=1S/C25H26FN5O2/c1-14-9-22(29-33-14)21-11-23-27-16(3)15(2)24(31(23)28-21)30-19-7-8-20(30)13-25(32,12-19)17-5-4-6-18(26)10-17/h4-6,9-11,19-20,32H,7-8,12-13H2,1-3H3. The average Bonchev–Trinajstić information content (AvgIpc) is 3.46. The highest BCUT2D eigenvalue weighted by atomic mass is 19.1. The fourth-order valence-corrected chi connectivity index (χ4v) is 5.68. The third-order valence-electron chi connectivity index (χ3n) is 7.32. The third-order valence-corrected chi connectivity index (χ3v) is 7.32. The normalized spacial score (nSPS) is 24.7. The summed E-state index contributed by atoms with van der Waals surface area (Å²) < 4.78 is 21.1. The molecular weight excluding hydrogens is 421 g/mol. The third kappa shape index (κ3) is 3.15. The van der Waals surface area contributed by atoms with Gasteiger partial charge in [0.05, 0.1) is 5.60 Å². The van der Waals surface area contributed by atoms with E-state index >= 15 is 0 Å². The summed E-state index contributed by atoms with van der Waals surface area (Å²) in [5.41, 5.74) is 3.80. The molecule has 33 heavy (non-hydrogen) atoms. The van der Waals surface area contributed by atoms with Crippen LogP contribution in [0, 0.1) is 26.6 Å². The second kappa shape index (κ2) is 7.12. The number of hydrogen-bond donors (Lipinski definition) is 1. The van der Waals surface area contributed by atoms with Crippen LogP contribution in [0.5, 0.6) is 0 Å². The molecule has 2 aliphatic rings. The Labute approximate surface area is 190 Å². The lowest BCUT2D eigenvalue weighted by Crippen LogP contribution is -2.50. The zero-order valence-corrected chi connectivity index (χ0v) is 18.9. The lowest BCUT2D eigenvalue weighted by atomic mass is 9.80. The Kier molecular flexibility index (Phi) is 4.39. The van der Waals surface area contributed by atoms with E-state index in [1.807, 2.05) is 36.6 Å². The van der Waals surface area contributed by atoms with Gasteiger partial charge in [-0.2, -0.15) is 9.61 Å². The fourth-order valence-electron chi connectivity index (χ4n) is 5.68. The minimum absolute atomic E-state index is 0.127. The zero-order valence-electron chi connectivity index (χ0n) is 18.9. The molecule has 1 N–H and O–H groups in total. The first kappa shape index (κ1) is 20.4. The largest absolute Gasteiger partial charge is 0.385 e. The van der Waals surface area contributed by atoms with Crippen molar-refractivity contribution in [2.24, 2.45) is 0 Å². The summed E-state index contributed by atoms with van der Waals surface area (Å²) >= 11 is 0. The number of fused-ring (bicyclic) bond motifs is 3. The van der Waals surface area contributed by atoms with Crippen molar-refractivity contribution in [3.63, 3.8) is 0 Å². The minimum Gasteiger partial charge on any atom is -0.385 e. The molecule has 2 fully saturated rings. The number of aryl methyl sites for hydroxylation is 2. The van der Waals surface area contributed by atoms with Gasteiger partial charge in [0, 0.05) is 48.3 Å². The maximum Gasteiger partial charge on any atom is 0.158 e. The topological polar surface area (TPSA) is 79.7 Å². The molecule has 2 unspecified atom stereocenters. The van der Waals surface area contributed by atoms with Crippen LogP contribution in [0.15, 0.2) is 40.9 Å². The van der Waals surface area contributed by atoms with E-state index in [9.17, 15) is 9.50 Å². The van der Waals surface area contributed by atoms with Gasteiger partial charge in [0.1, 0.15) is 28.8 Å². The Morgan fingerprint density at radius 2 is 1.82 bits per heavy atom. The molecular formula is C25H26FN5O2. The molecule has 2 aliphatic heterocycles. The van der Waals surface area contributed by atoms with Gasteiger partial charge in [-0.25, -0.2) is 9.37 Å². The summed E-state index contributed by atoms with van der Waals surface area (Å²) in [4.78, 5) is 7.18. The monoisotopic (exact) mass is 447 g/mol. The number of hydrogen-bond acceptors (Lipinski definition) is 6. The van der Waals surface area contributed by atoms with Crippen molar-refractivity contribution in [2.75, 3.05) is 4.90 Å². The molecule has 170 valence electrons. The van der Waals surface area contributed by atoms with Gasteiger partial charge < -0.3 is 14.5 Å². The van der Waals surface area contributed by atoms with Crippen LogP contribution in [0.4, 0.5) is 10.2 Å². The highest BCUT2D eigenvalue weighted by molar-refractivity contribution is 5.65. The van der Waals surface area contributed by atoms with Crippen LogP contribution < -0.4 is 4.90 Å². The Hall–Kier alpha value is -3.26. The molecule has 2 saturated heterocycles. The predicted octanol–water partition coefficient (Wildman–Crippen LogP) is 4.47. The van der Waals surface area contributed by atoms with Crippen molar-refractivity contribution < 1.29 is 14.0 Å². The number of anilines is 1. The number of aliphatic hydroxyl groups is 1. The number of benzene rings is 1. The molecule has 0 saturated carbocycles. The highest BCUT2D eigenvalue weighted by Crippen LogP contribution is 2.48. The predicted molar refractivity (Wildman–Crippen MR) is 122 cm³/mol. The van der Waals surface area contributed by atoms with Crippen molar-refractivity contribution in [2.45, 2.75) is 64.1 Å². The second-order valence-electron chi connectivity index (χ2n) is 9.51. The first-order chi connectivity index (χ1) is 15.8. The van der Waals surface area contributed by atoms with Gasteiger partial charge in [-0.15, -0.1) is 0 Å². The molecule has 7 nitrogen and oxygen atoms in total. The Morgan fingerprint density at radius 3 is 2.48 bits per heavy atom. The number of aromatic nitrogens is 4. The molecule has 4 aromatic rings. The van der Waals surface area contributed by atoms with E-state index in [-0.39, 0.29) is 17.9 Å². The van der Waals surface area contributed by atoms with Crippen molar-refractivity contribution in [1.29, 1.82) is 0 Å². The van der Waals surface area contributed by atoms with Gasteiger partial charge in [0.2, 0.25) is 0 Å². The molecule has 3 aromatic heterocycles. The number of halogens is 1. The van der Waals surface area contributed by atoms with Crippen LogP contribution >= 0.6 is 0 Å². The summed E-state index contributed by atoms with van der Waals surface area (Å²) in [5.74, 6) is 1.43. The number of rotatable bonds is 3. The maximum atomic E-state index is 13.9. The summed E-state index contributed by atoms with van der Waals surface area (Å²) in [6.07, 6.45) is 3.04. The number of piperidine rings is 1. The van der Waals surface area contributed by atoms with Crippen LogP contribution in [-0.4, -0.2) is 36.9 Å². The van der Waals surface area contributed by atoms with E-state index in [0.29, 0.717) is 29.8 Å². The summed E-state index contributed by atoms with van der Waals surface area (Å²) in [5, 5.41) is 20.5. The quantitative estimate of drug-likeness (QED) is 0.499. The van der Waals surface area contributed by atoms with E-state index in [1.54, 1.807) is 6.07 Å². The van der Waals surface area contributed by atoms with Crippen molar-refractivity contribution in [1.82, 2.24) is 19.8 Å². The molecule has 2 atom stereocenters. The fraction of sp³-hybridized carbons (Fsp3) is 0.400. The van der Waals surface area contributed by atoms with Crippen molar-refractivity contribution >= 4 is 11.5 Å². The molecule has 5 heterocycles. The van der Waals surface area contributed by atoms with Crippen molar-refractivity contribution in [3.8, 4) is 11.4 Å². The first-order valence-electron chi connectivity index (χ1n) is 11.4. The van der Waals surface area contributed by atoms with Crippen LogP contribution in [0.25, 0.3) is 17.0 Å². The summed E-state index contributed by atoms with van der Waals surface area (Å²) in [6.45, 7) is 5.95. The van der Waals surface area contributed by atoms with Crippen LogP contribution in [0.1, 0.15) is 48.3 Å². The van der Waals surface area contributed by atoms with Crippen LogP contribution in [-0.2, 0) is 5.60 Å². The Bertz CT molecular complexity index is 1360. The van der Waals surface area contributed by atoms with Crippen LogP contribution in [0.2, 0.25) is 0 Å². The van der Waals surface area contributed by atoms with Gasteiger partial charge in [-0.3, -0.25) is 0 Å². The van der Waals surface area contributed by atoms with Crippen molar-refractivity contribution in [3.05, 3.63) is 64.8 Å². The Balaban J connectivity index is 1.44. The van der Waals surface area contributed by atoms with Gasteiger partial charge in [-0.1, -0.05) is 17.3 Å². The molecule has 1 aromatic carbocycles. The SMILES string of the molecule is Cc1cc(-c2cc3nc(C)c(C)c(N4C5CCC4CC(O)(c4cccc(F)c4)C5)n3n2)no1.